The minimum Gasteiger partial charge on any atom is -0.451 e. The van der Waals surface area contributed by atoms with E-state index in [2.05, 4.69) is 13.8 Å². The van der Waals surface area contributed by atoms with Gasteiger partial charge < -0.3 is 14.9 Å². The van der Waals surface area contributed by atoms with Crippen molar-refractivity contribution in [2.45, 2.75) is 79.1 Å². The maximum absolute atomic E-state index is 14.3. The summed E-state index contributed by atoms with van der Waals surface area (Å²) in [4.78, 5) is 26.9. The fourth-order valence-corrected chi connectivity index (χ4v) is 7.08. The molecule has 0 aromatic rings. The van der Waals surface area contributed by atoms with Gasteiger partial charge in [0.05, 0.1) is 5.41 Å². The summed E-state index contributed by atoms with van der Waals surface area (Å²) in [6.45, 7) is 13.6. The van der Waals surface area contributed by atoms with Crippen LogP contribution < -0.4 is 0 Å². The van der Waals surface area contributed by atoms with Crippen molar-refractivity contribution in [2.24, 2.45) is 34.5 Å². The fraction of sp³-hybridized carbons (Fsp3) is 0.692. The maximum Gasteiger partial charge on any atom is 0.334 e. The van der Waals surface area contributed by atoms with E-state index >= 15 is 0 Å². The lowest BCUT2D eigenvalue weighted by molar-refractivity contribution is -0.201. The van der Waals surface area contributed by atoms with Crippen LogP contribution in [0.2, 0.25) is 0 Å². The number of allylic oxidation sites excluding steroid dienone is 2. The Morgan fingerprint density at radius 3 is 2.58 bits per heavy atom. The standard InChI is InChI=1S/C26H36O5/c1-8-13(3)23(29)31-22-14(4)12-25-15(5)10-18-19(24(18,6)7)17(21(25)28)11-16(9-2)20(27)26(22,25)30/h8,11-12,15,17-20,22,27,30H,9-10H2,1-7H3/b13-8-/t15-,17+,18-,19+,20-,22+,25+,26+/m1/s1. The predicted octanol–water partition coefficient (Wildman–Crippen LogP) is 3.75. The van der Waals surface area contributed by atoms with Crippen LogP contribution in [0.4, 0.5) is 0 Å². The number of aliphatic hydroxyl groups excluding tert-OH is 1. The van der Waals surface area contributed by atoms with Gasteiger partial charge in [0.2, 0.25) is 0 Å². The molecular formula is C26H36O5. The molecule has 2 fully saturated rings. The minimum absolute atomic E-state index is 0.0382. The van der Waals surface area contributed by atoms with Crippen molar-refractivity contribution in [3.63, 3.8) is 0 Å². The second-order valence-corrected chi connectivity index (χ2v) is 10.8. The highest BCUT2D eigenvalue weighted by Gasteiger charge is 2.76. The zero-order valence-corrected chi connectivity index (χ0v) is 19.7. The Morgan fingerprint density at radius 1 is 1.35 bits per heavy atom. The average Bonchev–Trinajstić information content (AvgIpc) is 3.21. The highest BCUT2D eigenvalue weighted by molar-refractivity contribution is 5.96. The molecule has 0 aromatic heterocycles. The van der Waals surface area contributed by atoms with Gasteiger partial charge in [0.15, 0.2) is 17.5 Å². The smallest absolute Gasteiger partial charge is 0.334 e. The zero-order valence-electron chi connectivity index (χ0n) is 19.7. The molecule has 5 heteroatoms. The van der Waals surface area contributed by atoms with Crippen LogP contribution in [0.1, 0.15) is 61.3 Å². The van der Waals surface area contributed by atoms with Crippen LogP contribution in [0.5, 0.6) is 0 Å². The van der Waals surface area contributed by atoms with E-state index < -0.39 is 29.2 Å². The normalized spacial score (nSPS) is 45.6. The van der Waals surface area contributed by atoms with Crippen LogP contribution in [-0.2, 0) is 14.3 Å². The molecule has 2 N–H and O–H groups in total. The van der Waals surface area contributed by atoms with Crippen molar-refractivity contribution >= 4 is 11.8 Å². The van der Waals surface area contributed by atoms with E-state index in [0.717, 1.165) is 6.42 Å². The molecule has 0 heterocycles. The van der Waals surface area contributed by atoms with E-state index in [1.807, 2.05) is 26.0 Å². The highest BCUT2D eigenvalue weighted by Crippen LogP contribution is 2.71. The summed E-state index contributed by atoms with van der Waals surface area (Å²) < 4.78 is 5.81. The Hall–Kier alpha value is -1.72. The van der Waals surface area contributed by atoms with Gasteiger partial charge in [-0.1, -0.05) is 45.9 Å². The van der Waals surface area contributed by atoms with Crippen molar-refractivity contribution in [2.75, 3.05) is 0 Å². The summed E-state index contributed by atoms with van der Waals surface area (Å²) in [6.07, 6.45) is 4.35. The van der Waals surface area contributed by atoms with Gasteiger partial charge in [0.1, 0.15) is 6.10 Å². The number of ether oxygens (including phenoxy) is 1. The lowest BCUT2D eigenvalue weighted by atomic mass is 9.59. The fourth-order valence-electron chi connectivity index (χ4n) is 7.08. The molecule has 4 rings (SSSR count). The van der Waals surface area contributed by atoms with Crippen molar-refractivity contribution in [3.05, 3.63) is 34.9 Å². The van der Waals surface area contributed by atoms with Gasteiger partial charge in [-0.05, 0) is 67.9 Å². The molecule has 2 saturated carbocycles. The van der Waals surface area contributed by atoms with E-state index in [1.165, 1.54) is 0 Å². The first-order chi connectivity index (χ1) is 14.4. The Labute approximate surface area is 185 Å². The first kappa shape index (κ1) is 22.5. The molecule has 4 aliphatic carbocycles. The maximum atomic E-state index is 14.3. The monoisotopic (exact) mass is 428 g/mol. The Balaban J connectivity index is 1.91. The number of esters is 1. The molecule has 1 spiro atoms. The number of aliphatic hydroxyl groups is 2. The topological polar surface area (TPSA) is 83.8 Å². The molecule has 2 bridgehead atoms. The summed E-state index contributed by atoms with van der Waals surface area (Å²) in [5.74, 6) is -0.518. The number of rotatable bonds is 3. The van der Waals surface area contributed by atoms with Crippen LogP contribution >= 0.6 is 0 Å². The Morgan fingerprint density at radius 2 is 2.00 bits per heavy atom. The van der Waals surface area contributed by atoms with Crippen molar-refractivity contribution in [1.82, 2.24) is 0 Å². The first-order valence-electron chi connectivity index (χ1n) is 11.6. The number of ketones is 1. The summed E-state index contributed by atoms with van der Waals surface area (Å²) in [5.41, 5.74) is -1.43. The van der Waals surface area contributed by atoms with Crippen molar-refractivity contribution < 1.29 is 24.5 Å². The number of carbonyl (C=O) groups excluding carboxylic acids is 2. The van der Waals surface area contributed by atoms with Crippen molar-refractivity contribution in [1.29, 1.82) is 0 Å². The van der Waals surface area contributed by atoms with Gasteiger partial charge >= 0.3 is 5.97 Å². The summed E-state index contributed by atoms with van der Waals surface area (Å²) in [5, 5.41) is 23.9. The van der Waals surface area contributed by atoms with Gasteiger partial charge in [-0.3, -0.25) is 4.79 Å². The molecule has 4 aliphatic rings. The number of Topliss-reactive ketones (excluding diaryl/α,β-unsaturated/α-hetero) is 1. The quantitative estimate of drug-likeness (QED) is 0.406. The molecule has 8 atom stereocenters. The SMILES string of the molecule is C/C=C(/C)C(=O)O[C@H]1C(C)=C[C@]23C(=O)[C@@H](C=C(CC)[C@@H](O)[C@]12O)[C@H]1[C@@H](C[C@H]3C)C1(C)C. The zero-order chi connectivity index (χ0) is 23.1. The van der Waals surface area contributed by atoms with Gasteiger partial charge in [0.25, 0.3) is 0 Å². The van der Waals surface area contributed by atoms with E-state index in [9.17, 15) is 19.8 Å². The number of fused-ring (bicyclic) bond motifs is 3. The molecule has 0 aromatic carbocycles. The summed E-state index contributed by atoms with van der Waals surface area (Å²) in [7, 11) is 0. The van der Waals surface area contributed by atoms with Crippen LogP contribution in [0, 0.1) is 34.5 Å². The third kappa shape index (κ3) is 2.62. The number of hydrogen-bond acceptors (Lipinski definition) is 5. The molecule has 0 saturated heterocycles. The summed E-state index contributed by atoms with van der Waals surface area (Å²) in [6, 6.07) is 0. The molecule has 31 heavy (non-hydrogen) atoms. The van der Waals surface area contributed by atoms with E-state index in [0.29, 0.717) is 29.1 Å². The minimum atomic E-state index is -1.92. The third-order valence-corrected chi connectivity index (χ3v) is 9.10. The first-order valence-corrected chi connectivity index (χ1v) is 11.6. The van der Waals surface area contributed by atoms with E-state index in [1.54, 1.807) is 26.8 Å². The molecule has 0 unspecified atom stereocenters. The largest absolute Gasteiger partial charge is 0.451 e. The van der Waals surface area contributed by atoms with Gasteiger partial charge in [0, 0.05) is 11.5 Å². The lowest BCUT2D eigenvalue weighted by Crippen LogP contribution is -2.65. The van der Waals surface area contributed by atoms with Gasteiger partial charge in [-0.25, -0.2) is 4.79 Å². The Bertz CT molecular complexity index is 924. The third-order valence-electron chi connectivity index (χ3n) is 9.10. The van der Waals surface area contributed by atoms with Crippen LogP contribution in [0.25, 0.3) is 0 Å². The van der Waals surface area contributed by atoms with E-state index in [-0.39, 0.29) is 29.0 Å². The molecule has 170 valence electrons. The van der Waals surface area contributed by atoms with Crippen LogP contribution in [0.15, 0.2) is 34.9 Å². The van der Waals surface area contributed by atoms with E-state index in [4.69, 9.17) is 4.74 Å². The highest BCUT2D eigenvalue weighted by atomic mass is 16.6. The molecule has 0 radical (unpaired) electrons. The second kappa shape index (κ2) is 6.89. The van der Waals surface area contributed by atoms with Gasteiger partial charge in [-0.2, -0.15) is 0 Å². The average molecular weight is 429 g/mol. The van der Waals surface area contributed by atoms with Crippen molar-refractivity contribution in [3.8, 4) is 0 Å². The predicted molar refractivity (Wildman–Crippen MR) is 118 cm³/mol. The number of carbonyl (C=O) groups is 2. The van der Waals surface area contributed by atoms with Crippen LogP contribution in [0.3, 0.4) is 0 Å². The molecule has 0 aliphatic heterocycles. The second-order valence-electron chi connectivity index (χ2n) is 10.8. The molecule has 0 amide bonds. The van der Waals surface area contributed by atoms with Crippen LogP contribution in [-0.4, -0.2) is 39.8 Å². The molecule has 5 nitrogen and oxygen atoms in total. The lowest BCUT2D eigenvalue weighted by Gasteiger charge is -2.48. The number of hydrogen-bond donors (Lipinski definition) is 2. The molecular weight excluding hydrogens is 392 g/mol. The van der Waals surface area contributed by atoms with Gasteiger partial charge in [-0.15, -0.1) is 0 Å². The summed E-state index contributed by atoms with van der Waals surface area (Å²) >= 11 is 0. The Kier molecular flexibility index (Phi) is 4.99.